The van der Waals surface area contributed by atoms with Gasteiger partial charge in [0.1, 0.15) is 12.2 Å². The Morgan fingerprint density at radius 2 is 1.61 bits per heavy atom. The molecule has 6 N–H and O–H groups in total. The number of rotatable bonds is 17. The minimum Gasteiger partial charge on any atom is -0.462 e. The molecular formula is C32H57NO8. The Hall–Kier alpha value is -1.94. The molecule has 13 atom stereocenters. The van der Waals surface area contributed by atoms with Crippen LogP contribution < -0.4 is 5.73 Å². The molecule has 0 aromatic heterocycles. The van der Waals surface area contributed by atoms with E-state index in [2.05, 4.69) is 6.92 Å². The largest absolute Gasteiger partial charge is 0.462 e. The van der Waals surface area contributed by atoms with Crippen molar-refractivity contribution in [3.63, 3.8) is 0 Å². The van der Waals surface area contributed by atoms with E-state index in [1.54, 1.807) is 26.0 Å². The number of aliphatic hydroxyl groups is 4. The van der Waals surface area contributed by atoms with Crippen LogP contribution in [-0.2, 0) is 14.3 Å². The Labute approximate surface area is 247 Å². The molecule has 1 aliphatic rings. The number of nitrogens with two attached hydrogens (primary N) is 1. The van der Waals surface area contributed by atoms with Gasteiger partial charge in [0.2, 0.25) is 0 Å². The summed E-state index contributed by atoms with van der Waals surface area (Å²) in [6, 6.07) is 0. The van der Waals surface area contributed by atoms with Crippen molar-refractivity contribution >= 4 is 12.1 Å². The number of unbranched alkanes of at least 4 members (excludes halogenated alkanes) is 1. The predicted molar refractivity (Wildman–Crippen MR) is 160 cm³/mol. The van der Waals surface area contributed by atoms with Crippen LogP contribution in [0.5, 0.6) is 0 Å². The van der Waals surface area contributed by atoms with E-state index < -0.39 is 54.6 Å². The van der Waals surface area contributed by atoms with Gasteiger partial charge in [0.15, 0.2) is 0 Å². The summed E-state index contributed by atoms with van der Waals surface area (Å²) >= 11 is 0. The van der Waals surface area contributed by atoms with E-state index in [9.17, 15) is 30.0 Å². The molecule has 1 rings (SSSR count). The van der Waals surface area contributed by atoms with Gasteiger partial charge in [0.05, 0.1) is 30.3 Å². The van der Waals surface area contributed by atoms with E-state index >= 15 is 0 Å². The van der Waals surface area contributed by atoms with Gasteiger partial charge in [-0.3, -0.25) is 4.79 Å². The number of carbonyl (C=O) groups is 2. The molecule has 1 fully saturated rings. The van der Waals surface area contributed by atoms with Gasteiger partial charge in [-0.2, -0.15) is 0 Å². The van der Waals surface area contributed by atoms with E-state index in [1.807, 2.05) is 46.8 Å². The van der Waals surface area contributed by atoms with Crippen LogP contribution in [-0.4, -0.2) is 69.1 Å². The van der Waals surface area contributed by atoms with Crippen molar-refractivity contribution in [3.05, 3.63) is 24.3 Å². The Kier molecular flexibility index (Phi) is 16.2. The fourth-order valence-corrected chi connectivity index (χ4v) is 5.69. The second-order valence-electron chi connectivity index (χ2n) is 12.5. The van der Waals surface area contributed by atoms with E-state index in [0.29, 0.717) is 6.42 Å². The normalized spacial score (nSPS) is 28.3. The number of amides is 1. The first kappa shape index (κ1) is 37.1. The molecule has 0 unspecified atom stereocenters. The molecule has 1 saturated heterocycles. The average Bonchev–Trinajstić information content (AvgIpc) is 2.93. The number of primary amides is 1. The first-order chi connectivity index (χ1) is 19.1. The highest BCUT2D eigenvalue weighted by molar-refractivity contribution is 5.73. The molecule has 1 aliphatic heterocycles. The molecule has 0 bridgehead atoms. The van der Waals surface area contributed by atoms with Gasteiger partial charge in [-0.05, 0) is 31.6 Å². The van der Waals surface area contributed by atoms with E-state index in [4.69, 9.17) is 15.2 Å². The van der Waals surface area contributed by atoms with Crippen molar-refractivity contribution in [3.8, 4) is 0 Å². The Balaban J connectivity index is 2.65. The van der Waals surface area contributed by atoms with Crippen molar-refractivity contribution in [1.29, 1.82) is 0 Å². The number of hydrogen-bond acceptors (Lipinski definition) is 8. The standard InChI is InChI=1S/C32H57NO8/c1-9-10-12-21(5)30(41-32(33)39)23(7)28(36)19(3)14-11-13-18(2)27(35)20(4)15-16-25(34)17-26-22(6)29(37)24(8)31(38)40-26/h11,13,15-16,18-30,34-37H,9-10,12,14,17H2,1-8H3,(H2,33,39)/t18-,19-,20-,21-,22-,23-,24+,25+,26-,27+,28+,29-,30-/m0/s1. The lowest BCUT2D eigenvalue weighted by molar-refractivity contribution is -0.179. The summed E-state index contributed by atoms with van der Waals surface area (Å²) in [6.45, 7) is 15.2. The third-order valence-corrected chi connectivity index (χ3v) is 8.88. The van der Waals surface area contributed by atoms with Crippen molar-refractivity contribution in [2.75, 3.05) is 0 Å². The highest BCUT2D eigenvalue weighted by Crippen LogP contribution is 2.30. The van der Waals surface area contributed by atoms with Crippen LogP contribution in [0.4, 0.5) is 4.79 Å². The fourth-order valence-electron chi connectivity index (χ4n) is 5.69. The van der Waals surface area contributed by atoms with Crippen LogP contribution in [0.1, 0.15) is 87.5 Å². The molecule has 0 aromatic rings. The zero-order chi connectivity index (χ0) is 31.4. The van der Waals surface area contributed by atoms with E-state index in [-0.39, 0.29) is 41.9 Å². The lowest BCUT2D eigenvalue weighted by Gasteiger charge is -2.36. The summed E-state index contributed by atoms with van der Waals surface area (Å²) in [5.74, 6) is -2.07. The third kappa shape index (κ3) is 11.7. The van der Waals surface area contributed by atoms with Gasteiger partial charge in [-0.15, -0.1) is 0 Å². The molecule has 0 saturated carbocycles. The van der Waals surface area contributed by atoms with E-state index in [0.717, 1.165) is 19.3 Å². The Bertz CT molecular complexity index is 848. The van der Waals surface area contributed by atoms with Gasteiger partial charge in [-0.25, -0.2) is 4.79 Å². The van der Waals surface area contributed by atoms with Gasteiger partial charge >= 0.3 is 12.1 Å². The highest BCUT2D eigenvalue weighted by Gasteiger charge is 2.41. The first-order valence-electron chi connectivity index (χ1n) is 15.4. The van der Waals surface area contributed by atoms with Gasteiger partial charge in [0, 0.05) is 30.1 Å². The number of ether oxygens (including phenoxy) is 2. The minimum atomic E-state index is -0.882. The zero-order valence-corrected chi connectivity index (χ0v) is 26.3. The number of cyclic esters (lactones) is 1. The molecule has 1 amide bonds. The quantitative estimate of drug-likeness (QED) is 0.125. The van der Waals surface area contributed by atoms with Gasteiger partial charge < -0.3 is 35.6 Å². The van der Waals surface area contributed by atoms with Crippen LogP contribution in [0.2, 0.25) is 0 Å². The number of esters is 1. The molecule has 0 aromatic carbocycles. The molecule has 9 heteroatoms. The molecule has 0 spiro atoms. The Morgan fingerprint density at radius 3 is 2.20 bits per heavy atom. The topological polar surface area (TPSA) is 160 Å². The lowest BCUT2D eigenvalue weighted by Crippen LogP contribution is -2.47. The van der Waals surface area contributed by atoms with Crippen LogP contribution >= 0.6 is 0 Å². The number of aliphatic hydroxyl groups excluding tert-OH is 4. The molecule has 41 heavy (non-hydrogen) atoms. The summed E-state index contributed by atoms with van der Waals surface area (Å²) in [7, 11) is 0. The predicted octanol–water partition coefficient (Wildman–Crippen LogP) is 4.35. The summed E-state index contributed by atoms with van der Waals surface area (Å²) in [6.07, 6.45) is 5.94. The molecule has 1 heterocycles. The van der Waals surface area contributed by atoms with Crippen molar-refractivity contribution in [1.82, 2.24) is 0 Å². The smallest absolute Gasteiger partial charge is 0.404 e. The second kappa shape index (κ2) is 17.9. The molecule has 0 radical (unpaired) electrons. The summed E-state index contributed by atoms with van der Waals surface area (Å²) < 4.78 is 10.8. The highest BCUT2D eigenvalue weighted by atomic mass is 16.6. The van der Waals surface area contributed by atoms with Crippen LogP contribution in [0, 0.1) is 41.4 Å². The first-order valence-corrected chi connectivity index (χ1v) is 15.4. The second-order valence-corrected chi connectivity index (χ2v) is 12.5. The summed E-state index contributed by atoms with van der Waals surface area (Å²) in [4.78, 5) is 23.5. The molecule has 0 aliphatic carbocycles. The van der Waals surface area contributed by atoms with Crippen LogP contribution in [0.3, 0.4) is 0 Å². The maximum atomic E-state index is 11.9. The molecule has 238 valence electrons. The van der Waals surface area contributed by atoms with E-state index in [1.165, 1.54) is 0 Å². The maximum absolute atomic E-state index is 11.9. The zero-order valence-electron chi connectivity index (χ0n) is 26.3. The average molecular weight is 584 g/mol. The maximum Gasteiger partial charge on any atom is 0.404 e. The van der Waals surface area contributed by atoms with Crippen molar-refractivity contribution in [2.45, 2.75) is 124 Å². The summed E-state index contributed by atoms with van der Waals surface area (Å²) in [5.41, 5.74) is 5.32. The minimum absolute atomic E-state index is 0.0782. The van der Waals surface area contributed by atoms with Crippen LogP contribution in [0.15, 0.2) is 24.3 Å². The molecular weight excluding hydrogens is 526 g/mol. The Morgan fingerprint density at radius 1 is 1.00 bits per heavy atom. The monoisotopic (exact) mass is 583 g/mol. The van der Waals surface area contributed by atoms with Gasteiger partial charge in [-0.1, -0.05) is 85.6 Å². The lowest BCUT2D eigenvalue weighted by atomic mass is 9.81. The SMILES string of the molecule is CCCC[C@H](C)[C@H](OC(N)=O)[C@@H](C)[C@H](O)[C@@H](C)CC=C[C@H](C)[C@@H](O)[C@@H](C)C=C[C@@H](O)C[C@@H]1OC(=O)[C@H](C)[C@@H](O)[C@H]1C. The number of hydrogen-bond donors (Lipinski definition) is 5. The third-order valence-electron chi connectivity index (χ3n) is 8.88. The number of allylic oxidation sites excluding steroid dienone is 1. The summed E-state index contributed by atoms with van der Waals surface area (Å²) in [5, 5.41) is 42.6. The van der Waals surface area contributed by atoms with Crippen molar-refractivity contribution in [2.24, 2.45) is 47.2 Å². The van der Waals surface area contributed by atoms with Gasteiger partial charge in [0.25, 0.3) is 0 Å². The fraction of sp³-hybridized carbons (Fsp3) is 0.812. The van der Waals surface area contributed by atoms with Crippen molar-refractivity contribution < 1.29 is 39.5 Å². The molecule has 9 nitrogen and oxygen atoms in total. The number of carbonyl (C=O) groups excluding carboxylic acids is 2. The van der Waals surface area contributed by atoms with Crippen LogP contribution in [0.25, 0.3) is 0 Å².